The lowest BCUT2D eigenvalue weighted by Gasteiger charge is -2.10. The fourth-order valence-electron chi connectivity index (χ4n) is 5.11. The number of ether oxygens (including phenoxy) is 2. The highest BCUT2D eigenvalue weighted by Crippen LogP contribution is 2.44. The van der Waals surface area contributed by atoms with Crippen LogP contribution in [-0.4, -0.2) is 0 Å². The predicted molar refractivity (Wildman–Crippen MR) is 100 cm³/mol. The molecule has 0 amide bonds. The van der Waals surface area contributed by atoms with E-state index < -0.39 is 24.4 Å². The van der Waals surface area contributed by atoms with Gasteiger partial charge in [0.1, 0.15) is 24.4 Å². The van der Waals surface area contributed by atoms with Crippen molar-refractivity contribution in [3.05, 3.63) is 99.6 Å². The van der Waals surface area contributed by atoms with Crippen molar-refractivity contribution in [3.8, 4) is 0 Å². The molecule has 0 fully saturated rings. The van der Waals surface area contributed by atoms with E-state index in [1.165, 1.54) is 12.1 Å². The summed E-state index contributed by atoms with van der Waals surface area (Å²) in [6, 6.07) is 2.81. The summed E-state index contributed by atoms with van der Waals surface area (Å²) in [6.07, 6.45) is 5.00. The monoisotopic (exact) mass is 370 g/mol. The molecular formula is C22H10O6. The highest BCUT2D eigenvalue weighted by Gasteiger charge is 2.41. The number of fused-ring (bicyclic) bond motifs is 12. The van der Waals surface area contributed by atoms with Gasteiger partial charge in [0.25, 0.3) is 0 Å². The van der Waals surface area contributed by atoms with Crippen molar-refractivity contribution in [2.24, 2.45) is 0 Å². The van der Waals surface area contributed by atoms with Crippen LogP contribution in [0, 0.1) is 0 Å². The summed E-state index contributed by atoms with van der Waals surface area (Å²) in [5, 5.41) is 0.655. The fourth-order valence-corrected chi connectivity index (χ4v) is 5.11. The molecule has 0 radical (unpaired) electrons. The van der Waals surface area contributed by atoms with Gasteiger partial charge in [0.2, 0.25) is 0 Å². The molecule has 4 heterocycles. The van der Waals surface area contributed by atoms with Crippen LogP contribution in [0.15, 0.2) is 55.6 Å². The minimum atomic E-state index is -0.517. The van der Waals surface area contributed by atoms with Gasteiger partial charge in [-0.2, -0.15) is 0 Å². The minimum Gasteiger partial charge on any atom is -0.357 e. The SMILES string of the molecule is O=c1c2c(c(=O)c3cc4c(=O)c5c(c(=O)c4cc13)C1C=CC5O1)C1C=CC2O1. The van der Waals surface area contributed by atoms with Gasteiger partial charge in [-0.3, -0.25) is 19.2 Å². The van der Waals surface area contributed by atoms with E-state index in [9.17, 15) is 19.2 Å². The van der Waals surface area contributed by atoms with Crippen molar-refractivity contribution >= 4 is 21.5 Å². The van der Waals surface area contributed by atoms with Crippen molar-refractivity contribution in [2.75, 3.05) is 0 Å². The van der Waals surface area contributed by atoms with E-state index in [2.05, 4.69) is 0 Å². The number of benzene rings is 3. The molecule has 0 aliphatic carbocycles. The Balaban J connectivity index is 1.69. The Kier molecular flexibility index (Phi) is 2.34. The van der Waals surface area contributed by atoms with E-state index in [0.29, 0.717) is 22.3 Å². The molecule has 0 saturated heterocycles. The van der Waals surface area contributed by atoms with Crippen LogP contribution in [0.25, 0.3) is 21.5 Å². The number of hydrogen-bond donors (Lipinski definition) is 0. The van der Waals surface area contributed by atoms with E-state index in [1.54, 1.807) is 24.3 Å². The van der Waals surface area contributed by atoms with E-state index in [0.717, 1.165) is 0 Å². The van der Waals surface area contributed by atoms with Crippen LogP contribution in [0.5, 0.6) is 0 Å². The predicted octanol–water partition coefficient (Wildman–Crippen LogP) is 1.67. The molecule has 0 aromatic heterocycles. The second-order valence-electron chi connectivity index (χ2n) is 7.64. The second-order valence-corrected chi connectivity index (χ2v) is 7.64. The molecule has 4 atom stereocenters. The maximum atomic E-state index is 13.1. The molecule has 4 aliphatic rings. The molecule has 28 heavy (non-hydrogen) atoms. The lowest BCUT2D eigenvalue weighted by molar-refractivity contribution is 0.0872. The number of rotatable bonds is 0. The molecule has 134 valence electrons. The van der Waals surface area contributed by atoms with Gasteiger partial charge >= 0.3 is 0 Å². The molecule has 4 aliphatic heterocycles. The average molecular weight is 370 g/mol. The Bertz CT molecular complexity index is 1340. The molecule has 0 N–H and O–H groups in total. The average Bonchev–Trinajstić information content (AvgIpc) is 3.48. The topological polar surface area (TPSA) is 86.7 Å². The van der Waals surface area contributed by atoms with Gasteiger partial charge in [-0.05, 0) is 12.1 Å². The lowest BCUT2D eigenvalue weighted by atomic mass is 9.88. The molecule has 3 aromatic rings. The molecule has 3 aromatic carbocycles. The normalized spacial score (nSPS) is 28.0. The maximum absolute atomic E-state index is 13.1. The van der Waals surface area contributed by atoms with Crippen LogP contribution in [0.4, 0.5) is 0 Å². The third-order valence-electron chi connectivity index (χ3n) is 6.34. The van der Waals surface area contributed by atoms with Crippen LogP contribution in [0.3, 0.4) is 0 Å². The number of hydrogen-bond acceptors (Lipinski definition) is 6. The first-order valence-corrected chi connectivity index (χ1v) is 9.07. The van der Waals surface area contributed by atoms with E-state index >= 15 is 0 Å². The largest absolute Gasteiger partial charge is 0.357 e. The fraction of sp³-hybridized carbons (Fsp3) is 0.182. The zero-order valence-corrected chi connectivity index (χ0v) is 14.2. The first-order chi connectivity index (χ1) is 13.5. The van der Waals surface area contributed by atoms with Crippen LogP contribution in [0.1, 0.15) is 46.7 Å². The van der Waals surface area contributed by atoms with Gasteiger partial charge in [0.05, 0.1) is 0 Å². The van der Waals surface area contributed by atoms with Crippen molar-refractivity contribution in [1.29, 1.82) is 0 Å². The third kappa shape index (κ3) is 1.43. The third-order valence-corrected chi connectivity index (χ3v) is 6.34. The van der Waals surface area contributed by atoms with E-state index in [1.807, 2.05) is 0 Å². The highest BCUT2D eigenvalue weighted by atomic mass is 16.5. The van der Waals surface area contributed by atoms with Crippen molar-refractivity contribution in [1.82, 2.24) is 0 Å². The Morgan fingerprint density at radius 2 is 0.714 bits per heavy atom. The molecule has 6 nitrogen and oxygen atoms in total. The van der Waals surface area contributed by atoms with Crippen LogP contribution >= 0.6 is 0 Å². The molecule has 6 heteroatoms. The van der Waals surface area contributed by atoms with Crippen LogP contribution in [0.2, 0.25) is 0 Å². The summed E-state index contributed by atoms with van der Waals surface area (Å²) < 4.78 is 11.3. The van der Waals surface area contributed by atoms with Gasteiger partial charge in [-0.15, -0.1) is 0 Å². The summed E-state index contributed by atoms with van der Waals surface area (Å²) in [5.74, 6) is 0. The Morgan fingerprint density at radius 3 is 0.964 bits per heavy atom. The lowest BCUT2D eigenvalue weighted by Crippen LogP contribution is -2.25. The Hall–Kier alpha value is -3.22. The van der Waals surface area contributed by atoms with Crippen LogP contribution in [-0.2, 0) is 9.47 Å². The highest BCUT2D eigenvalue weighted by molar-refractivity contribution is 5.99. The van der Waals surface area contributed by atoms with Crippen LogP contribution < -0.4 is 21.7 Å². The summed E-state index contributed by atoms with van der Waals surface area (Å²) in [7, 11) is 0. The minimum absolute atomic E-state index is 0.164. The first-order valence-electron chi connectivity index (χ1n) is 9.07. The molecule has 0 spiro atoms. The summed E-state index contributed by atoms with van der Waals surface area (Å²) in [5.41, 5.74) is 0.163. The molecule has 4 bridgehead atoms. The smallest absolute Gasteiger partial charge is 0.193 e. The second kappa shape index (κ2) is 4.43. The molecule has 7 rings (SSSR count). The van der Waals surface area contributed by atoms with Gasteiger partial charge in [-0.1, -0.05) is 24.3 Å². The summed E-state index contributed by atoms with van der Waals surface area (Å²) >= 11 is 0. The van der Waals surface area contributed by atoms with Gasteiger partial charge in [0.15, 0.2) is 21.7 Å². The van der Waals surface area contributed by atoms with Gasteiger partial charge in [0, 0.05) is 43.8 Å². The zero-order valence-electron chi connectivity index (χ0n) is 14.2. The Morgan fingerprint density at radius 1 is 0.464 bits per heavy atom. The zero-order chi connectivity index (χ0) is 18.9. The van der Waals surface area contributed by atoms with Gasteiger partial charge in [-0.25, -0.2) is 0 Å². The quantitative estimate of drug-likeness (QED) is 0.442. The Labute approximate surface area is 155 Å². The molecule has 4 unspecified atom stereocenters. The van der Waals surface area contributed by atoms with E-state index in [4.69, 9.17) is 9.47 Å². The maximum Gasteiger partial charge on any atom is 0.193 e. The van der Waals surface area contributed by atoms with Gasteiger partial charge < -0.3 is 9.47 Å². The molecular weight excluding hydrogens is 360 g/mol. The first kappa shape index (κ1) is 14.8. The van der Waals surface area contributed by atoms with Crippen molar-refractivity contribution in [3.63, 3.8) is 0 Å². The summed E-state index contributed by atoms with van der Waals surface area (Å²) in [6.45, 7) is 0. The van der Waals surface area contributed by atoms with E-state index in [-0.39, 0.29) is 43.3 Å². The van der Waals surface area contributed by atoms with Crippen molar-refractivity contribution in [2.45, 2.75) is 24.4 Å². The van der Waals surface area contributed by atoms with Crippen molar-refractivity contribution < 1.29 is 9.47 Å². The standard InChI is InChI=1S/C22H10O6/c23-19-7-5-9-10(22(26)18-14-4-3-13(28-14)17(18)21(9)25)6-8(7)20(24)16-12-2-1-11(27-12)15(16)19/h1-6,11-14H. The molecule has 0 saturated carbocycles. The summed E-state index contributed by atoms with van der Waals surface area (Å²) in [4.78, 5) is 52.4.